The number of aliphatic carboxylic acids is 1. The average Bonchev–Trinajstić information content (AvgIpc) is 2.72. The van der Waals surface area contributed by atoms with Crippen molar-refractivity contribution in [1.29, 1.82) is 0 Å². The molecule has 0 spiro atoms. The molecule has 17 heavy (non-hydrogen) atoms. The zero-order valence-electron chi connectivity index (χ0n) is 10.7. The van der Waals surface area contributed by atoms with Gasteiger partial charge in [0.2, 0.25) is 0 Å². The van der Waals surface area contributed by atoms with Crippen molar-refractivity contribution in [3.05, 3.63) is 0 Å². The lowest BCUT2D eigenvalue weighted by atomic mass is 9.84. The third-order valence-corrected chi connectivity index (χ3v) is 4.20. The van der Waals surface area contributed by atoms with Gasteiger partial charge in [-0.2, -0.15) is 0 Å². The molecule has 0 amide bonds. The summed E-state index contributed by atoms with van der Waals surface area (Å²) in [6.07, 6.45) is 7.64. The van der Waals surface area contributed by atoms with Crippen LogP contribution in [0.2, 0.25) is 0 Å². The molecule has 0 bridgehead atoms. The average molecular weight is 240 g/mol. The van der Waals surface area contributed by atoms with Crippen LogP contribution in [-0.4, -0.2) is 47.2 Å². The number of carboxylic acids is 1. The van der Waals surface area contributed by atoms with Gasteiger partial charge in [-0.1, -0.05) is 19.8 Å². The molecule has 2 N–H and O–H groups in total. The molecule has 4 heteroatoms. The van der Waals surface area contributed by atoms with Crippen molar-refractivity contribution in [2.24, 2.45) is 0 Å². The van der Waals surface area contributed by atoms with Gasteiger partial charge >= 0.3 is 5.97 Å². The van der Waals surface area contributed by atoms with Crippen molar-refractivity contribution in [2.45, 2.75) is 63.6 Å². The van der Waals surface area contributed by atoms with E-state index in [1.54, 1.807) is 0 Å². The highest BCUT2D eigenvalue weighted by molar-refractivity contribution is 5.69. The molecule has 4 nitrogen and oxygen atoms in total. The fraction of sp³-hybridized carbons (Fsp3) is 0.923. The molecule has 0 aromatic carbocycles. The van der Waals surface area contributed by atoms with Gasteiger partial charge in [0.25, 0.3) is 0 Å². The summed E-state index contributed by atoms with van der Waals surface area (Å²) in [6, 6.07) is 1.84. The molecule has 0 saturated heterocycles. The summed E-state index contributed by atoms with van der Waals surface area (Å²) < 4.78 is 0. The van der Waals surface area contributed by atoms with Gasteiger partial charge in [-0.25, -0.2) is 0 Å². The summed E-state index contributed by atoms with van der Waals surface area (Å²) in [5.74, 6) is -0.709. The van der Waals surface area contributed by atoms with Crippen LogP contribution in [0.4, 0.5) is 0 Å². The Bertz CT molecular complexity index is 258. The number of hydrogen-bond donors (Lipinski definition) is 2. The maximum atomic E-state index is 10.7. The molecule has 2 saturated carbocycles. The molecule has 0 aliphatic heterocycles. The van der Waals surface area contributed by atoms with Crippen LogP contribution in [0.15, 0.2) is 0 Å². The molecule has 2 aliphatic rings. The Labute approximate surface area is 103 Å². The van der Waals surface area contributed by atoms with Gasteiger partial charge in [-0.05, 0) is 32.2 Å². The summed E-state index contributed by atoms with van der Waals surface area (Å²) in [5, 5.41) is 12.5. The first-order chi connectivity index (χ1) is 8.19. The van der Waals surface area contributed by atoms with Gasteiger partial charge in [-0.15, -0.1) is 0 Å². The molecule has 2 fully saturated rings. The molecular formula is C13H24N2O2. The van der Waals surface area contributed by atoms with Crippen molar-refractivity contribution >= 4 is 5.97 Å². The topological polar surface area (TPSA) is 52.6 Å². The van der Waals surface area contributed by atoms with Crippen LogP contribution < -0.4 is 5.32 Å². The summed E-state index contributed by atoms with van der Waals surface area (Å²) >= 11 is 0. The number of hydrogen-bond acceptors (Lipinski definition) is 3. The van der Waals surface area contributed by atoms with Crippen molar-refractivity contribution < 1.29 is 9.90 Å². The van der Waals surface area contributed by atoms with Gasteiger partial charge in [0.15, 0.2) is 0 Å². The van der Waals surface area contributed by atoms with E-state index in [1.807, 2.05) is 6.92 Å². The molecule has 0 radical (unpaired) electrons. The van der Waals surface area contributed by atoms with E-state index < -0.39 is 5.97 Å². The minimum atomic E-state index is -0.709. The largest absolute Gasteiger partial charge is 0.480 e. The highest BCUT2D eigenvalue weighted by Crippen LogP contribution is 2.28. The molecule has 0 aromatic rings. The maximum absolute atomic E-state index is 10.7. The standard InChI is InChI=1S/C13H24N2O2/c1-2-15(9-13(16)17)12-7-11(8-12)14-10-5-3-4-6-10/h10-12,14H,2-9H2,1H3,(H,16,17). The van der Waals surface area contributed by atoms with Crippen LogP contribution in [0.25, 0.3) is 0 Å². The van der Waals surface area contributed by atoms with E-state index in [9.17, 15) is 4.79 Å². The molecule has 2 rings (SSSR count). The number of nitrogens with one attached hydrogen (secondary N) is 1. The second-order valence-corrected chi connectivity index (χ2v) is 5.43. The molecule has 98 valence electrons. The summed E-state index contributed by atoms with van der Waals surface area (Å²) in [5.41, 5.74) is 0. The Morgan fingerprint density at radius 3 is 2.47 bits per heavy atom. The Morgan fingerprint density at radius 2 is 1.94 bits per heavy atom. The third-order valence-electron chi connectivity index (χ3n) is 4.20. The quantitative estimate of drug-likeness (QED) is 0.738. The van der Waals surface area contributed by atoms with Gasteiger partial charge in [-0.3, -0.25) is 9.69 Å². The monoisotopic (exact) mass is 240 g/mol. The van der Waals surface area contributed by atoms with E-state index in [-0.39, 0.29) is 6.54 Å². The van der Waals surface area contributed by atoms with Gasteiger partial charge in [0.05, 0.1) is 6.54 Å². The Kier molecular flexibility index (Phi) is 4.40. The summed E-state index contributed by atoms with van der Waals surface area (Å²) in [6.45, 7) is 3.07. The number of likely N-dealkylation sites (N-methyl/N-ethyl adjacent to an activating group) is 1. The zero-order chi connectivity index (χ0) is 12.3. The molecule has 0 unspecified atom stereocenters. The predicted octanol–water partition coefficient (Wildman–Crippen LogP) is 1.46. The van der Waals surface area contributed by atoms with Crippen LogP contribution in [-0.2, 0) is 4.79 Å². The Hall–Kier alpha value is -0.610. The smallest absolute Gasteiger partial charge is 0.317 e. The zero-order valence-corrected chi connectivity index (χ0v) is 10.7. The first kappa shape index (κ1) is 12.8. The number of rotatable bonds is 6. The van der Waals surface area contributed by atoms with E-state index in [4.69, 9.17) is 5.11 Å². The second-order valence-electron chi connectivity index (χ2n) is 5.43. The van der Waals surface area contributed by atoms with E-state index in [1.165, 1.54) is 25.7 Å². The normalized spacial score (nSPS) is 29.5. The van der Waals surface area contributed by atoms with Crippen LogP contribution in [0.5, 0.6) is 0 Å². The minimum Gasteiger partial charge on any atom is -0.480 e. The van der Waals surface area contributed by atoms with Crippen LogP contribution in [0.3, 0.4) is 0 Å². The van der Waals surface area contributed by atoms with Gasteiger partial charge in [0.1, 0.15) is 0 Å². The van der Waals surface area contributed by atoms with E-state index in [2.05, 4.69) is 10.2 Å². The SMILES string of the molecule is CCN(CC(=O)O)C1CC(NC2CCCC2)C1. The number of nitrogens with zero attached hydrogens (tertiary/aromatic N) is 1. The lowest BCUT2D eigenvalue weighted by molar-refractivity contribution is -0.139. The van der Waals surface area contributed by atoms with Crippen molar-refractivity contribution in [3.8, 4) is 0 Å². The summed E-state index contributed by atoms with van der Waals surface area (Å²) in [4.78, 5) is 12.8. The van der Waals surface area contributed by atoms with E-state index in [0.29, 0.717) is 12.1 Å². The van der Waals surface area contributed by atoms with Crippen LogP contribution >= 0.6 is 0 Å². The first-order valence-electron chi connectivity index (χ1n) is 6.91. The molecule has 0 atom stereocenters. The Balaban J connectivity index is 1.67. The van der Waals surface area contributed by atoms with E-state index in [0.717, 1.165) is 25.4 Å². The van der Waals surface area contributed by atoms with Gasteiger partial charge < -0.3 is 10.4 Å². The van der Waals surface area contributed by atoms with Crippen molar-refractivity contribution in [1.82, 2.24) is 10.2 Å². The van der Waals surface area contributed by atoms with Gasteiger partial charge in [0, 0.05) is 18.1 Å². The van der Waals surface area contributed by atoms with Crippen molar-refractivity contribution in [2.75, 3.05) is 13.1 Å². The Morgan fingerprint density at radius 1 is 1.29 bits per heavy atom. The first-order valence-corrected chi connectivity index (χ1v) is 6.91. The molecule has 0 aromatic heterocycles. The lowest BCUT2D eigenvalue weighted by Crippen LogP contribution is -2.55. The molecule has 2 aliphatic carbocycles. The molecule has 0 heterocycles. The highest BCUT2D eigenvalue weighted by atomic mass is 16.4. The fourth-order valence-corrected chi connectivity index (χ4v) is 3.12. The van der Waals surface area contributed by atoms with Crippen LogP contribution in [0, 0.1) is 0 Å². The van der Waals surface area contributed by atoms with Crippen molar-refractivity contribution in [3.63, 3.8) is 0 Å². The third kappa shape index (κ3) is 3.42. The number of carbonyl (C=O) groups is 1. The molecular weight excluding hydrogens is 216 g/mol. The minimum absolute atomic E-state index is 0.192. The maximum Gasteiger partial charge on any atom is 0.317 e. The number of carboxylic acid groups (broad SMARTS) is 1. The fourth-order valence-electron chi connectivity index (χ4n) is 3.12. The predicted molar refractivity (Wildman–Crippen MR) is 67.1 cm³/mol. The second kappa shape index (κ2) is 5.83. The lowest BCUT2D eigenvalue weighted by Gasteiger charge is -2.43. The van der Waals surface area contributed by atoms with E-state index >= 15 is 0 Å². The summed E-state index contributed by atoms with van der Waals surface area (Å²) in [7, 11) is 0. The van der Waals surface area contributed by atoms with Crippen LogP contribution in [0.1, 0.15) is 45.4 Å². The highest BCUT2D eigenvalue weighted by Gasteiger charge is 2.34.